The Balaban J connectivity index is 1.85. The molecule has 1 aliphatic heterocycles. The highest BCUT2D eigenvalue weighted by atomic mass is 16.5. The highest BCUT2D eigenvalue weighted by Crippen LogP contribution is 2.38. The number of methoxy groups -OCH3 is 3. The van der Waals surface area contributed by atoms with Crippen LogP contribution in [0.2, 0.25) is 0 Å². The van der Waals surface area contributed by atoms with Crippen molar-refractivity contribution in [3.8, 4) is 17.2 Å². The van der Waals surface area contributed by atoms with Gasteiger partial charge in [-0.3, -0.25) is 10.1 Å². The molecule has 0 aliphatic carbocycles. The average molecular weight is 442 g/mol. The number of aliphatic imine (C=N–C) groups is 1. The van der Waals surface area contributed by atoms with Crippen molar-refractivity contribution in [2.24, 2.45) is 4.99 Å². The van der Waals surface area contributed by atoms with Crippen LogP contribution in [0.1, 0.15) is 34.3 Å². The minimum Gasteiger partial charge on any atom is -0.493 e. The molecular weight excluding hydrogens is 410 g/mol. The van der Waals surface area contributed by atoms with E-state index in [1.165, 1.54) is 26.9 Å². The lowest BCUT2D eigenvalue weighted by Gasteiger charge is -2.16. The Hall–Kier alpha value is -3.26. The first-order valence-corrected chi connectivity index (χ1v) is 10.6. The van der Waals surface area contributed by atoms with Crippen LogP contribution in [0, 0.1) is 13.8 Å². The molecule has 2 aromatic carbocycles. The zero-order valence-corrected chi connectivity index (χ0v) is 19.3. The van der Waals surface area contributed by atoms with Crippen LogP contribution in [0.5, 0.6) is 17.2 Å². The molecule has 8 heteroatoms. The van der Waals surface area contributed by atoms with E-state index in [1.807, 2.05) is 25.1 Å². The van der Waals surface area contributed by atoms with Gasteiger partial charge in [-0.25, -0.2) is 4.99 Å². The quantitative estimate of drug-likeness (QED) is 0.503. The third-order valence-electron chi connectivity index (χ3n) is 5.41. The monoisotopic (exact) mass is 441 g/mol. The molecule has 0 bridgehead atoms. The molecule has 1 fully saturated rings. The van der Waals surface area contributed by atoms with Gasteiger partial charge in [-0.15, -0.1) is 0 Å². The second-order valence-corrected chi connectivity index (χ2v) is 7.62. The maximum atomic E-state index is 13.1. The van der Waals surface area contributed by atoms with E-state index >= 15 is 0 Å². The average Bonchev–Trinajstić information content (AvgIpc) is 3.32. The summed E-state index contributed by atoms with van der Waals surface area (Å²) in [6.07, 6.45) is 2.05. The van der Waals surface area contributed by atoms with Gasteiger partial charge in [0, 0.05) is 17.9 Å². The number of aryl methyl sites for hydroxylation is 2. The molecule has 1 atom stereocenters. The second-order valence-electron chi connectivity index (χ2n) is 7.62. The van der Waals surface area contributed by atoms with Gasteiger partial charge in [0.05, 0.1) is 34.0 Å². The van der Waals surface area contributed by atoms with E-state index in [9.17, 15) is 4.79 Å². The van der Waals surface area contributed by atoms with Crippen molar-refractivity contribution in [2.45, 2.75) is 32.8 Å². The molecule has 2 aromatic rings. The van der Waals surface area contributed by atoms with Gasteiger partial charge in [0.15, 0.2) is 11.5 Å². The van der Waals surface area contributed by atoms with E-state index < -0.39 is 0 Å². The summed E-state index contributed by atoms with van der Waals surface area (Å²) in [7, 11) is 4.53. The number of benzene rings is 2. The highest BCUT2D eigenvalue weighted by Gasteiger charge is 2.19. The second kappa shape index (κ2) is 10.9. The van der Waals surface area contributed by atoms with Crippen molar-refractivity contribution < 1.29 is 23.7 Å². The van der Waals surface area contributed by atoms with Crippen LogP contribution >= 0.6 is 0 Å². The third kappa shape index (κ3) is 5.70. The molecule has 0 aromatic heterocycles. The number of hydrogen-bond acceptors (Lipinski definition) is 6. The van der Waals surface area contributed by atoms with Gasteiger partial charge in [-0.1, -0.05) is 6.07 Å². The molecule has 0 saturated carbocycles. The van der Waals surface area contributed by atoms with Crippen LogP contribution in [0.3, 0.4) is 0 Å². The van der Waals surface area contributed by atoms with Gasteiger partial charge in [-0.2, -0.15) is 0 Å². The number of anilines is 1. The summed E-state index contributed by atoms with van der Waals surface area (Å²) < 4.78 is 21.7. The van der Waals surface area contributed by atoms with E-state index in [4.69, 9.17) is 18.9 Å². The van der Waals surface area contributed by atoms with Gasteiger partial charge in [0.2, 0.25) is 11.7 Å². The lowest BCUT2D eigenvalue weighted by Crippen LogP contribution is -2.36. The van der Waals surface area contributed by atoms with Crippen molar-refractivity contribution in [3.63, 3.8) is 0 Å². The number of ether oxygens (including phenoxy) is 4. The fourth-order valence-corrected chi connectivity index (χ4v) is 3.44. The predicted octanol–water partition coefficient (Wildman–Crippen LogP) is 3.71. The van der Waals surface area contributed by atoms with Gasteiger partial charge < -0.3 is 24.3 Å². The summed E-state index contributed by atoms with van der Waals surface area (Å²) in [4.78, 5) is 17.7. The van der Waals surface area contributed by atoms with E-state index in [0.29, 0.717) is 35.3 Å². The van der Waals surface area contributed by atoms with Crippen molar-refractivity contribution in [3.05, 3.63) is 47.0 Å². The molecule has 8 nitrogen and oxygen atoms in total. The minimum absolute atomic E-state index is 0.0598. The van der Waals surface area contributed by atoms with Crippen LogP contribution in [0.15, 0.2) is 35.3 Å². The molecule has 1 aliphatic rings. The summed E-state index contributed by atoms with van der Waals surface area (Å²) >= 11 is 0. The fraction of sp³-hybridized carbons (Fsp3) is 0.417. The first-order valence-electron chi connectivity index (χ1n) is 10.6. The minimum atomic E-state index is -0.355. The number of rotatable bonds is 7. The molecule has 1 amide bonds. The van der Waals surface area contributed by atoms with Crippen molar-refractivity contribution >= 4 is 17.6 Å². The fourth-order valence-electron chi connectivity index (χ4n) is 3.44. The Morgan fingerprint density at radius 2 is 1.78 bits per heavy atom. The standard InChI is InChI=1S/C24H31N3O5/c1-15-8-9-18(11-16(15)2)26-24(25-14-19-7-6-10-32-19)27-23(28)17-12-20(29-3)22(31-5)21(13-17)30-4/h8-9,11-13,19H,6-7,10,14H2,1-5H3,(H2,25,26,27,28)/t19-/m0/s1. The molecule has 2 N–H and O–H groups in total. The zero-order valence-electron chi connectivity index (χ0n) is 19.3. The summed E-state index contributed by atoms with van der Waals surface area (Å²) in [5.74, 6) is 1.22. The topological polar surface area (TPSA) is 90.4 Å². The number of amides is 1. The Morgan fingerprint density at radius 1 is 1.06 bits per heavy atom. The molecule has 32 heavy (non-hydrogen) atoms. The molecule has 0 spiro atoms. The molecule has 1 heterocycles. The van der Waals surface area contributed by atoms with Gasteiger partial charge in [0.1, 0.15) is 0 Å². The van der Waals surface area contributed by atoms with Gasteiger partial charge in [0.25, 0.3) is 5.91 Å². The first-order chi connectivity index (χ1) is 15.4. The van der Waals surface area contributed by atoms with Gasteiger partial charge in [-0.05, 0) is 62.1 Å². The number of hydrogen-bond donors (Lipinski definition) is 2. The highest BCUT2D eigenvalue weighted by molar-refractivity contribution is 6.10. The van der Waals surface area contributed by atoms with Crippen LogP contribution in [-0.2, 0) is 4.74 Å². The Kier molecular flexibility index (Phi) is 7.94. The summed E-state index contributed by atoms with van der Waals surface area (Å²) in [5.41, 5.74) is 3.52. The Bertz CT molecular complexity index is 959. The normalized spacial score (nSPS) is 15.9. The van der Waals surface area contributed by atoms with E-state index in [1.54, 1.807) is 12.1 Å². The smallest absolute Gasteiger partial charge is 0.258 e. The Morgan fingerprint density at radius 3 is 2.34 bits per heavy atom. The molecule has 0 radical (unpaired) electrons. The van der Waals surface area contributed by atoms with E-state index in [0.717, 1.165) is 30.7 Å². The predicted molar refractivity (Wildman–Crippen MR) is 124 cm³/mol. The molecule has 0 unspecified atom stereocenters. The van der Waals surface area contributed by atoms with Crippen molar-refractivity contribution in [1.29, 1.82) is 0 Å². The SMILES string of the molecule is COc1cc(C(=O)NC(=NC[C@@H]2CCCO2)Nc2ccc(C)c(C)c2)cc(OC)c1OC. The number of carbonyl (C=O) groups excluding carboxylic acids is 1. The molecule has 3 rings (SSSR count). The number of guanidine groups is 1. The van der Waals surface area contributed by atoms with Crippen molar-refractivity contribution in [2.75, 3.05) is 39.8 Å². The Labute approximate surface area is 188 Å². The molecule has 1 saturated heterocycles. The van der Waals surface area contributed by atoms with Crippen LogP contribution in [0.4, 0.5) is 5.69 Å². The lowest BCUT2D eigenvalue weighted by molar-refractivity contribution is 0.0974. The van der Waals surface area contributed by atoms with Crippen LogP contribution in [0.25, 0.3) is 0 Å². The van der Waals surface area contributed by atoms with Crippen molar-refractivity contribution in [1.82, 2.24) is 5.32 Å². The number of nitrogens with zero attached hydrogens (tertiary/aromatic N) is 1. The zero-order chi connectivity index (χ0) is 23.1. The van der Waals surface area contributed by atoms with Gasteiger partial charge >= 0.3 is 0 Å². The number of carbonyl (C=O) groups is 1. The number of nitrogens with one attached hydrogen (secondary N) is 2. The maximum absolute atomic E-state index is 13.1. The lowest BCUT2D eigenvalue weighted by atomic mass is 10.1. The van der Waals surface area contributed by atoms with E-state index in [2.05, 4.69) is 22.5 Å². The van der Waals surface area contributed by atoms with E-state index in [-0.39, 0.29) is 12.0 Å². The largest absolute Gasteiger partial charge is 0.493 e. The molecule has 172 valence electrons. The summed E-state index contributed by atoms with van der Waals surface area (Å²) in [6.45, 7) is 5.30. The summed E-state index contributed by atoms with van der Waals surface area (Å²) in [5, 5.41) is 6.10. The first kappa shape index (κ1) is 23.4. The maximum Gasteiger partial charge on any atom is 0.258 e. The van der Waals surface area contributed by atoms with Crippen LogP contribution < -0.4 is 24.8 Å². The molecular formula is C24H31N3O5. The van der Waals surface area contributed by atoms with Crippen LogP contribution in [-0.4, -0.2) is 52.5 Å². The third-order valence-corrected chi connectivity index (χ3v) is 5.41. The summed E-state index contributed by atoms with van der Waals surface area (Å²) in [6, 6.07) is 9.20.